The predicted octanol–water partition coefficient (Wildman–Crippen LogP) is 5.84. The number of carbonyl (C=O) groups is 1. The topological polar surface area (TPSA) is 32.3 Å². The van der Waals surface area contributed by atoms with E-state index in [1.807, 2.05) is 0 Å². The van der Waals surface area contributed by atoms with Crippen LogP contribution in [0.5, 0.6) is 0 Å². The van der Waals surface area contributed by atoms with E-state index >= 15 is 0 Å². The fourth-order valence-corrected chi connectivity index (χ4v) is 5.58. The van der Waals surface area contributed by atoms with E-state index in [2.05, 4.69) is 54.9 Å². The van der Waals surface area contributed by atoms with Crippen molar-refractivity contribution in [2.75, 3.05) is 13.1 Å². The molecule has 0 aromatic heterocycles. The lowest BCUT2D eigenvalue weighted by Crippen LogP contribution is -2.52. The molecule has 1 saturated carbocycles. The van der Waals surface area contributed by atoms with Crippen LogP contribution in [0.4, 0.5) is 4.39 Å². The maximum Gasteiger partial charge on any atom is 0.251 e. The van der Waals surface area contributed by atoms with Gasteiger partial charge in [0.25, 0.3) is 5.91 Å². The number of nitrogens with zero attached hydrogens (tertiary/aromatic N) is 1. The highest BCUT2D eigenvalue weighted by molar-refractivity contribution is 6.18. The van der Waals surface area contributed by atoms with Crippen LogP contribution >= 0.6 is 0 Å². The first-order chi connectivity index (χ1) is 15.3. The molecule has 1 amide bonds. The summed E-state index contributed by atoms with van der Waals surface area (Å²) in [7, 11) is 0. The van der Waals surface area contributed by atoms with Crippen LogP contribution in [0.25, 0.3) is 5.57 Å². The quantitative estimate of drug-likeness (QED) is 0.579. The van der Waals surface area contributed by atoms with Gasteiger partial charge in [0, 0.05) is 36.2 Å². The molecule has 4 rings (SSSR count). The lowest BCUT2D eigenvalue weighted by molar-refractivity contribution is -0.118. The zero-order chi connectivity index (χ0) is 22.8. The van der Waals surface area contributed by atoms with E-state index in [9.17, 15) is 9.18 Å². The third-order valence-electron chi connectivity index (χ3n) is 7.30. The molecule has 0 spiro atoms. The number of hydrogen-bond donors (Lipinski definition) is 1. The maximum atomic E-state index is 13.6. The van der Waals surface area contributed by atoms with E-state index in [0.717, 1.165) is 51.7 Å². The number of nitrogens with one attached hydrogen (secondary N) is 1. The highest BCUT2D eigenvalue weighted by Crippen LogP contribution is 2.36. The van der Waals surface area contributed by atoms with Crippen molar-refractivity contribution in [2.24, 2.45) is 0 Å². The molecule has 2 aromatic carbocycles. The number of halogens is 1. The molecule has 0 radical (unpaired) electrons. The largest absolute Gasteiger partial charge is 0.347 e. The molecule has 170 valence electrons. The Labute approximate surface area is 191 Å². The molecular formula is C28H35FN2O. The first-order valence-corrected chi connectivity index (χ1v) is 11.9. The smallest absolute Gasteiger partial charge is 0.251 e. The van der Waals surface area contributed by atoms with Crippen molar-refractivity contribution in [3.8, 4) is 0 Å². The molecule has 4 heteroatoms. The van der Waals surface area contributed by atoms with Gasteiger partial charge in [-0.05, 0) is 48.1 Å². The number of benzene rings is 2. The van der Waals surface area contributed by atoms with Crippen LogP contribution in [0.2, 0.25) is 0 Å². The number of rotatable bonds is 6. The van der Waals surface area contributed by atoms with Crippen molar-refractivity contribution in [1.29, 1.82) is 0 Å². The summed E-state index contributed by atoms with van der Waals surface area (Å²) in [6.45, 7) is 11.5. The molecule has 1 heterocycles. The zero-order valence-electron chi connectivity index (χ0n) is 19.4. The Morgan fingerprint density at radius 2 is 1.84 bits per heavy atom. The van der Waals surface area contributed by atoms with Gasteiger partial charge < -0.3 is 5.32 Å². The average Bonchev–Trinajstić information content (AvgIpc) is 2.77. The summed E-state index contributed by atoms with van der Waals surface area (Å²) >= 11 is 0. The van der Waals surface area contributed by atoms with Gasteiger partial charge in [-0.2, -0.15) is 0 Å². The number of fused-ring (bicyclic) bond motifs is 1. The van der Waals surface area contributed by atoms with Gasteiger partial charge in [0.1, 0.15) is 5.82 Å². The van der Waals surface area contributed by atoms with Crippen LogP contribution in [0.3, 0.4) is 0 Å². The van der Waals surface area contributed by atoms with Gasteiger partial charge in [0.05, 0.1) is 0 Å². The second kappa shape index (κ2) is 9.19. The van der Waals surface area contributed by atoms with Gasteiger partial charge >= 0.3 is 0 Å². The first-order valence-electron chi connectivity index (χ1n) is 11.9. The summed E-state index contributed by atoms with van der Waals surface area (Å²) in [5.41, 5.74) is 3.63. The minimum absolute atomic E-state index is 0.115. The van der Waals surface area contributed by atoms with Crippen molar-refractivity contribution < 1.29 is 9.18 Å². The van der Waals surface area contributed by atoms with E-state index in [-0.39, 0.29) is 22.7 Å². The summed E-state index contributed by atoms with van der Waals surface area (Å²) in [6.07, 6.45) is 6.37. The number of hydrogen-bond acceptors (Lipinski definition) is 2. The van der Waals surface area contributed by atoms with Gasteiger partial charge in [-0.3, -0.25) is 9.69 Å². The second-order valence-electron chi connectivity index (χ2n) is 10.3. The van der Waals surface area contributed by atoms with E-state index in [0.29, 0.717) is 11.1 Å². The monoisotopic (exact) mass is 434 g/mol. The van der Waals surface area contributed by atoms with Crippen molar-refractivity contribution in [1.82, 2.24) is 10.2 Å². The fourth-order valence-electron chi connectivity index (χ4n) is 5.58. The molecule has 3 nitrogen and oxygen atoms in total. The second-order valence-corrected chi connectivity index (χ2v) is 10.3. The van der Waals surface area contributed by atoms with Crippen LogP contribution in [-0.2, 0) is 16.8 Å². The van der Waals surface area contributed by atoms with E-state index < -0.39 is 0 Å². The van der Waals surface area contributed by atoms with Crippen molar-refractivity contribution in [3.05, 3.63) is 77.6 Å². The summed E-state index contributed by atoms with van der Waals surface area (Å²) < 4.78 is 13.6. The van der Waals surface area contributed by atoms with Crippen molar-refractivity contribution in [2.45, 2.75) is 69.9 Å². The molecule has 0 bridgehead atoms. The van der Waals surface area contributed by atoms with Crippen LogP contribution < -0.4 is 5.32 Å². The minimum Gasteiger partial charge on any atom is -0.347 e. The summed E-state index contributed by atoms with van der Waals surface area (Å²) in [4.78, 5) is 15.6. The maximum absolute atomic E-state index is 13.6. The third-order valence-corrected chi connectivity index (χ3v) is 7.30. The Kier molecular flexibility index (Phi) is 6.52. The van der Waals surface area contributed by atoms with Crippen LogP contribution in [0, 0.1) is 5.82 Å². The predicted molar refractivity (Wildman–Crippen MR) is 129 cm³/mol. The lowest BCUT2D eigenvalue weighted by Gasteiger charge is -2.43. The van der Waals surface area contributed by atoms with Gasteiger partial charge in [-0.15, -0.1) is 0 Å². The molecule has 0 unspecified atom stereocenters. The van der Waals surface area contributed by atoms with Crippen LogP contribution in [-0.4, -0.2) is 29.4 Å². The van der Waals surface area contributed by atoms with Gasteiger partial charge in [0.15, 0.2) is 0 Å². The lowest BCUT2D eigenvalue weighted by atomic mass is 9.76. The summed E-state index contributed by atoms with van der Waals surface area (Å²) in [5.74, 6) is -0.529. The molecule has 2 aliphatic rings. The molecule has 1 aliphatic carbocycles. The van der Waals surface area contributed by atoms with Gasteiger partial charge in [0.2, 0.25) is 0 Å². The van der Waals surface area contributed by atoms with E-state index in [1.54, 1.807) is 12.1 Å². The molecule has 0 atom stereocenters. The standard InChI is InChI=1S/C28H35FN2O/c1-21(22-11-9-12-24(29)18-22)26(32)30-28(14-7-4-8-15-28)16-17-31-19-23-10-5-6-13-25(23)27(2,3)20-31/h5-6,9-13,18H,1,4,7-8,14-17,19-20H2,2-3H3,(H,30,32). The molecule has 1 fully saturated rings. The molecule has 32 heavy (non-hydrogen) atoms. The average molecular weight is 435 g/mol. The molecular weight excluding hydrogens is 399 g/mol. The van der Waals surface area contributed by atoms with Crippen LogP contribution in [0.1, 0.15) is 69.1 Å². The Morgan fingerprint density at radius 3 is 2.59 bits per heavy atom. The highest BCUT2D eigenvalue weighted by Gasteiger charge is 2.36. The molecule has 0 saturated heterocycles. The Bertz CT molecular complexity index is 990. The Balaban J connectivity index is 1.46. The minimum atomic E-state index is -0.350. The third kappa shape index (κ3) is 4.96. The van der Waals surface area contributed by atoms with Crippen LogP contribution in [0.15, 0.2) is 55.1 Å². The summed E-state index contributed by atoms with van der Waals surface area (Å²) in [6, 6.07) is 14.9. The normalized spacial score (nSPS) is 19.7. The molecule has 1 N–H and O–H groups in total. The van der Waals surface area contributed by atoms with E-state index in [1.165, 1.54) is 29.7 Å². The first kappa shape index (κ1) is 22.7. The molecule has 1 aliphatic heterocycles. The highest BCUT2D eigenvalue weighted by atomic mass is 19.1. The Hall–Kier alpha value is -2.46. The SMILES string of the molecule is C=C(C(=O)NC1(CCN2Cc3ccccc3C(C)(C)C2)CCCCC1)c1cccc(F)c1. The Morgan fingerprint density at radius 1 is 1.09 bits per heavy atom. The number of carbonyl (C=O) groups excluding carboxylic acids is 1. The zero-order valence-corrected chi connectivity index (χ0v) is 19.4. The van der Waals surface area contributed by atoms with Crippen molar-refractivity contribution in [3.63, 3.8) is 0 Å². The van der Waals surface area contributed by atoms with E-state index in [4.69, 9.17) is 0 Å². The summed E-state index contributed by atoms with van der Waals surface area (Å²) in [5, 5.41) is 3.34. The van der Waals surface area contributed by atoms with Gasteiger partial charge in [-0.25, -0.2) is 4.39 Å². The fraction of sp³-hybridized carbons (Fsp3) is 0.464. The number of amides is 1. The molecule has 2 aromatic rings. The van der Waals surface area contributed by atoms with Crippen molar-refractivity contribution >= 4 is 11.5 Å². The van der Waals surface area contributed by atoms with Gasteiger partial charge in [-0.1, -0.05) is 76.1 Å².